The minimum Gasteiger partial charge on any atom is -0.446 e. The van der Waals surface area contributed by atoms with Crippen molar-refractivity contribution >= 4 is 23.8 Å². The maximum Gasteiger partial charge on any atom is 0.327 e. The summed E-state index contributed by atoms with van der Waals surface area (Å²) in [7, 11) is 0. The highest BCUT2D eigenvalue weighted by molar-refractivity contribution is 6.09. The Labute approximate surface area is 181 Å². The van der Waals surface area contributed by atoms with Crippen LogP contribution in [0.15, 0.2) is 30.3 Å². The van der Waals surface area contributed by atoms with E-state index in [-0.39, 0.29) is 17.7 Å². The van der Waals surface area contributed by atoms with Crippen LogP contribution in [0.5, 0.6) is 0 Å². The zero-order valence-electron chi connectivity index (χ0n) is 17.8. The molecule has 4 amide bonds. The Balaban J connectivity index is 1.48. The number of amides is 4. The summed E-state index contributed by atoms with van der Waals surface area (Å²) in [6.45, 7) is 2.72. The van der Waals surface area contributed by atoms with Gasteiger partial charge in [-0.15, -0.1) is 0 Å². The monoisotopic (exact) mass is 427 g/mol. The minimum absolute atomic E-state index is 0.00697. The summed E-state index contributed by atoms with van der Waals surface area (Å²) in [5.74, 6) is -1.41. The fraction of sp³-hybridized carbons (Fsp3) is 0.565. The molecule has 4 rings (SSSR count). The van der Waals surface area contributed by atoms with Gasteiger partial charge in [-0.2, -0.15) is 0 Å². The van der Waals surface area contributed by atoms with E-state index in [0.717, 1.165) is 37.0 Å². The number of nitrogens with one attached hydrogen (secondary N) is 1. The minimum atomic E-state index is -1.09. The van der Waals surface area contributed by atoms with Gasteiger partial charge < -0.3 is 15.0 Å². The lowest BCUT2D eigenvalue weighted by atomic mass is 9.73. The van der Waals surface area contributed by atoms with E-state index in [1.54, 1.807) is 29.2 Å². The molecule has 3 fully saturated rings. The summed E-state index contributed by atoms with van der Waals surface area (Å²) < 4.78 is 5.57. The van der Waals surface area contributed by atoms with Gasteiger partial charge in [-0.3, -0.25) is 19.3 Å². The van der Waals surface area contributed by atoms with Crippen molar-refractivity contribution in [3.63, 3.8) is 0 Å². The molecular formula is C23H29N3O5. The van der Waals surface area contributed by atoms with Crippen molar-refractivity contribution in [2.75, 3.05) is 19.6 Å². The van der Waals surface area contributed by atoms with E-state index in [9.17, 15) is 19.2 Å². The highest BCUT2D eigenvalue weighted by Crippen LogP contribution is 2.38. The predicted octanol–water partition coefficient (Wildman–Crippen LogP) is 2.39. The number of urea groups is 1. The van der Waals surface area contributed by atoms with Crippen LogP contribution in [0.25, 0.3) is 0 Å². The number of hydrogen-bond acceptors (Lipinski definition) is 5. The van der Waals surface area contributed by atoms with Crippen molar-refractivity contribution in [2.24, 2.45) is 5.92 Å². The Bertz CT molecular complexity index is 867. The maximum absolute atomic E-state index is 13.1. The molecule has 1 aromatic rings. The van der Waals surface area contributed by atoms with Gasteiger partial charge in [0.1, 0.15) is 12.1 Å². The third kappa shape index (κ3) is 4.03. The van der Waals surface area contributed by atoms with Crippen LogP contribution in [0.4, 0.5) is 4.79 Å². The quantitative estimate of drug-likeness (QED) is 0.575. The van der Waals surface area contributed by atoms with Gasteiger partial charge in [-0.05, 0) is 31.6 Å². The topological polar surface area (TPSA) is 96.0 Å². The Kier molecular flexibility index (Phi) is 5.98. The van der Waals surface area contributed by atoms with E-state index in [4.69, 9.17) is 4.74 Å². The number of imide groups is 1. The van der Waals surface area contributed by atoms with Gasteiger partial charge in [0.25, 0.3) is 11.8 Å². The Morgan fingerprint density at radius 1 is 1.13 bits per heavy atom. The summed E-state index contributed by atoms with van der Waals surface area (Å²) >= 11 is 0. The molecule has 2 aliphatic heterocycles. The molecule has 8 heteroatoms. The normalized spacial score (nSPS) is 26.8. The van der Waals surface area contributed by atoms with Gasteiger partial charge in [0.15, 0.2) is 0 Å². The van der Waals surface area contributed by atoms with Gasteiger partial charge in [-0.25, -0.2) is 4.79 Å². The third-order valence-electron chi connectivity index (χ3n) is 6.78. The molecule has 0 radical (unpaired) electrons. The van der Waals surface area contributed by atoms with Crippen LogP contribution < -0.4 is 5.32 Å². The number of ether oxygens (including phenoxy) is 1. The number of carbonyl (C=O) groups is 4. The Hall–Kier alpha value is -2.90. The smallest absolute Gasteiger partial charge is 0.327 e. The molecule has 2 heterocycles. The number of esters is 1. The first-order valence-electron chi connectivity index (χ1n) is 11.1. The third-order valence-corrected chi connectivity index (χ3v) is 6.78. The number of benzene rings is 1. The summed E-state index contributed by atoms with van der Waals surface area (Å²) in [6, 6.07) is 8.27. The van der Waals surface area contributed by atoms with Gasteiger partial charge in [-0.1, -0.05) is 50.1 Å². The first kappa shape index (κ1) is 21.3. The number of nitrogens with zero attached hydrogens (tertiary/aromatic N) is 2. The summed E-state index contributed by atoms with van der Waals surface area (Å²) in [4.78, 5) is 54.1. The molecule has 166 valence electrons. The van der Waals surface area contributed by atoms with Crippen LogP contribution in [0.1, 0.15) is 57.1 Å². The van der Waals surface area contributed by atoms with Crippen molar-refractivity contribution in [2.45, 2.75) is 57.1 Å². The first-order chi connectivity index (χ1) is 14.9. The van der Waals surface area contributed by atoms with Gasteiger partial charge in [0.2, 0.25) is 6.10 Å². The molecule has 3 atom stereocenters. The standard InChI is InChI=1S/C23H29N3O5/c1-16-9-5-6-12-23(16)21(29)26(22(30)24-23)15-18(27)31-19(17-10-3-2-4-11-17)20(28)25-13-7-8-14-25/h2-4,10-11,16,19H,5-9,12-15H2,1H3,(H,24,30)/t16-,19-,23-/m0/s1. The van der Waals surface area contributed by atoms with Crippen molar-refractivity contribution in [1.29, 1.82) is 0 Å². The summed E-state index contributed by atoms with van der Waals surface area (Å²) in [5.41, 5.74) is -0.359. The van der Waals surface area contributed by atoms with Gasteiger partial charge in [0, 0.05) is 18.7 Å². The fourth-order valence-electron chi connectivity index (χ4n) is 4.93. The lowest BCUT2D eigenvalue weighted by Crippen LogP contribution is -2.54. The fourth-order valence-corrected chi connectivity index (χ4v) is 4.93. The van der Waals surface area contributed by atoms with Crippen LogP contribution >= 0.6 is 0 Å². The van der Waals surface area contributed by atoms with Crippen LogP contribution in [0, 0.1) is 5.92 Å². The number of rotatable bonds is 5. The lowest BCUT2D eigenvalue weighted by Gasteiger charge is -2.36. The highest BCUT2D eigenvalue weighted by Gasteiger charge is 2.55. The molecule has 0 bridgehead atoms. The zero-order chi connectivity index (χ0) is 22.0. The largest absolute Gasteiger partial charge is 0.446 e. The average molecular weight is 428 g/mol. The molecule has 3 aliphatic rings. The van der Waals surface area contributed by atoms with E-state index >= 15 is 0 Å². The molecule has 2 saturated heterocycles. The van der Waals surface area contributed by atoms with Gasteiger partial charge in [0.05, 0.1) is 0 Å². The average Bonchev–Trinajstić information content (AvgIpc) is 3.38. The maximum atomic E-state index is 13.1. The molecule has 0 aromatic heterocycles. The molecule has 1 aromatic carbocycles. The van der Waals surface area contributed by atoms with Gasteiger partial charge >= 0.3 is 12.0 Å². The molecular weight excluding hydrogens is 398 g/mol. The highest BCUT2D eigenvalue weighted by atomic mass is 16.5. The van der Waals surface area contributed by atoms with Crippen molar-refractivity contribution < 1.29 is 23.9 Å². The Morgan fingerprint density at radius 2 is 1.84 bits per heavy atom. The molecule has 1 spiro atoms. The second-order valence-corrected chi connectivity index (χ2v) is 8.75. The van der Waals surface area contributed by atoms with Crippen molar-refractivity contribution in [3.05, 3.63) is 35.9 Å². The van der Waals surface area contributed by atoms with Crippen LogP contribution in [0.3, 0.4) is 0 Å². The summed E-state index contributed by atoms with van der Waals surface area (Å²) in [5, 5.41) is 2.83. The number of hydrogen-bond donors (Lipinski definition) is 1. The molecule has 8 nitrogen and oxygen atoms in total. The second kappa shape index (κ2) is 8.69. The molecule has 1 saturated carbocycles. The van der Waals surface area contributed by atoms with E-state index in [1.807, 2.05) is 13.0 Å². The summed E-state index contributed by atoms with van der Waals surface area (Å²) in [6.07, 6.45) is 4.05. The lowest BCUT2D eigenvalue weighted by molar-refractivity contribution is -0.162. The van der Waals surface area contributed by atoms with E-state index in [2.05, 4.69) is 5.32 Å². The first-order valence-corrected chi connectivity index (χ1v) is 11.1. The second-order valence-electron chi connectivity index (χ2n) is 8.75. The molecule has 1 aliphatic carbocycles. The molecule has 0 unspecified atom stereocenters. The van der Waals surface area contributed by atoms with E-state index in [0.29, 0.717) is 25.1 Å². The number of likely N-dealkylation sites (tertiary alicyclic amines) is 1. The Morgan fingerprint density at radius 3 is 2.52 bits per heavy atom. The van der Waals surface area contributed by atoms with Crippen LogP contribution in [0.2, 0.25) is 0 Å². The van der Waals surface area contributed by atoms with Crippen LogP contribution in [-0.2, 0) is 19.1 Å². The zero-order valence-corrected chi connectivity index (χ0v) is 17.8. The number of carbonyl (C=O) groups excluding carboxylic acids is 4. The predicted molar refractivity (Wildman–Crippen MR) is 112 cm³/mol. The van der Waals surface area contributed by atoms with Crippen molar-refractivity contribution in [1.82, 2.24) is 15.1 Å². The van der Waals surface area contributed by atoms with E-state index < -0.39 is 30.2 Å². The van der Waals surface area contributed by atoms with E-state index in [1.165, 1.54) is 0 Å². The van der Waals surface area contributed by atoms with Crippen molar-refractivity contribution in [3.8, 4) is 0 Å². The molecule has 31 heavy (non-hydrogen) atoms. The SMILES string of the molecule is C[C@H]1CCCC[C@]12NC(=O)N(CC(=O)O[C@H](C(=O)N1CCCC1)c1ccccc1)C2=O. The molecule has 1 N–H and O–H groups in total. The van der Waals surface area contributed by atoms with Crippen LogP contribution in [-0.4, -0.2) is 58.8 Å².